The van der Waals surface area contributed by atoms with E-state index in [1.165, 1.54) is 0 Å². The van der Waals surface area contributed by atoms with Crippen molar-refractivity contribution in [3.05, 3.63) is 33.3 Å². The summed E-state index contributed by atoms with van der Waals surface area (Å²) >= 11 is 9.27. The van der Waals surface area contributed by atoms with Crippen LogP contribution in [0.15, 0.2) is 22.7 Å². The second-order valence-corrected chi connectivity index (χ2v) is 5.89. The van der Waals surface area contributed by atoms with E-state index in [4.69, 9.17) is 11.6 Å². The van der Waals surface area contributed by atoms with Crippen LogP contribution in [0.1, 0.15) is 30.1 Å². The summed E-state index contributed by atoms with van der Waals surface area (Å²) in [4.78, 5) is 14.2. The number of likely N-dealkylation sites (tertiary alicyclic amines) is 1. The Balaban J connectivity index is 2.14. The van der Waals surface area contributed by atoms with E-state index >= 15 is 0 Å². The van der Waals surface area contributed by atoms with Gasteiger partial charge < -0.3 is 4.90 Å². The molecule has 0 aromatic heterocycles. The highest BCUT2D eigenvalue weighted by Crippen LogP contribution is 2.25. The maximum atomic E-state index is 12.3. The second-order valence-electron chi connectivity index (χ2n) is 4.60. The number of nitrogens with zero attached hydrogens (tertiary/aromatic N) is 1. The third-order valence-corrected chi connectivity index (χ3v) is 4.12. The van der Waals surface area contributed by atoms with Crippen molar-refractivity contribution in [1.82, 2.24) is 4.90 Å². The van der Waals surface area contributed by atoms with Crippen molar-refractivity contribution in [3.63, 3.8) is 0 Å². The number of benzene rings is 1. The van der Waals surface area contributed by atoms with Crippen molar-refractivity contribution >= 4 is 33.4 Å². The molecule has 0 saturated carbocycles. The Labute approximate surface area is 115 Å². The minimum atomic E-state index is 0.0976. The Kier molecular flexibility index (Phi) is 4.10. The topological polar surface area (TPSA) is 20.3 Å². The smallest absolute Gasteiger partial charge is 0.254 e. The number of hydrogen-bond donors (Lipinski definition) is 0. The first-order valence-electron chi connectivity index (χ1n) is 5.82. The van der Waals surface area contributed by atoms with Gasteiger partial charge in [-0.25, -0.2) is 0 Å². The van der Waals surface area contributed by atoms with Crippen LogP contribution in [0.2, 0.25) is 5.02 Å². The monoisotopic (exact) mass is 315 g/mol. The van der Waals surface area contributed by atoms with Crippen LogP contribution in [0.5, 0.6) is 0 Å². The van der Waals surface area contributed by atoms with E-state index in [0.29, 0.717) is 10.6 Å². The summed E-state index contributed by atoms with van der Waals surface area (Å²) in [5, 5.41) is 0.640. The molecule has 1 aromatic rings. The lowest BCUT2D eigenvalue weighted by atomic mass is 9.98. The van der Waals surface area contributed by atoms with Gasteiger partial charge in [-0.15, -0.1) is 0 Å². The normalized spacial score (nSPS) is 17.2. The first kappa shape index (κ1) is 12.9. The maximum Gasteiger partial charge on any atom is 0.254 e. The Morgan fingerprint density at radius 3 is 2.65 bits per heavy atom. The number of halogens is 2. The van der Waals surface area contributed by atoms with Crippen molar-refractivity contribution in [3.8, 4) is 0 Å². The third kappa shape index (κ3) is 3.02. The molecule has 92 valence electrons. The highest BCUT2D eigenvalue weighted by molar-refractivity contribution is 9.10. The first-order valence-corrected chi connectivity index (χ1v) is 6.99. The van der Waals surface area contributed by atoms with Crippen LogP contribution in [-0.4, -0.2) is 23.9 Å². The zero-order valence-corrected chi connectivity index (χ0v) is 12.1. The lowest BCUT2D eigenvalue weighted by Gasteiger charge is -2.30. The molecule has 2 nitrogen and oxygen atoms in total. The van der Waals surface area contributed by atoms with Crippen LogP contribution >= 0.6 is 27.5 Å². The van der Waals surface area contributed by atoms with Gasteiger partial charge in [0.1, 0.15) is 0 Å². The second kappa shape index (κ2) is 5.40. The van der Waals surface area contributed by atoms with Gasteiger partial charge in [0.2, 0.25) is 0 Å². The summed E-state index contributed by atoms with van der Waals surface area (Å²) in [7, 11) is 0. The molecule has 0 aliphatic carbocycles. The van der Waals surface area contributed by atoms with Crippen molar-refractivity contribution in [2.45, 2.75) is 19.8 Å². The Bertz CT molecular complexity index is 427. The lowest BCUT2D eigenvalue weighted by molar-refractivity contribution is 0.0696. The van der Waals surface area contributed by atoms with Crippen LogP contribution in [0.3, 0.4) is 0 Å². The van der Waals surface area contributed by atoms with Gasteiger partial charge in [-0.1, -0.05) is 18.5 Å². The highest BCUT2D eigenvalue weighted by atomic mass is 79.9. The van der Waals surface area contributed by atoms with Gasteiger partial charge in [-0.3, -0.25) is 4.79 Å². The molecule has 1 fully saturated rings. The molecule has 4 heteroatoms. The Morgan fingerprint density at radius 2 is 2.06 bits per heavy atom. The Hall–Kier alpha value is -0.540. The molecule has 1 saturated heterocycles. The summed E-state index contributed by atoms with van der Waals surface area (Å²) in [6.45, 7) is 3.95. The van der Waals surface area contributed by atoms with E-state index in [2.05, 4.69) is 22.9 Å². The molecule has 1 aliphatic rings. The van der Waals surface area contributed by atoms with Gasteiger partial charge in [0.15, 0.2) is 0 Å². The van der Waals surface area contributed by atoms with E-state index < -0.39 is 0 Å². The minimum absolute atomic E-state index is 0.0976. The van der Waals surface area contributed by atoms with Gasteiger partial charge in [0.05, 0.1) is 5.56 Å². The third-order valence-electron chi connectivity index (χ3n) is 3.23. The van der Waals surface area contributed by atoms with Crippen LogP contribution < -0.4 is 0 Å². The fraction of sp³-hybridized carbons (Fsp3) is 0.462. The minimum Gasteiger partial charge on any atom is -0.339 e. The summed E-state index contributed by atoms with van der Waals surface area (Å²) in [6.07, 6.45) is 2.19. The van der Waals surface area contributed by atoms with Crippen LogP contribution in [-0.2, 0) is 0 Å². The SMILES string of the molecule is CC1CCN(C(=O)c2ccc(Cl)cc2Br)CC1. The summed E-state index contributed by atoms with van der Waals surface area (Å²) < 4.78 is 0.772. The van der Waals surface area contributed by atoms with E-state index in [-0.39, 0.29) is 5.91 Å². The number of hydrogen-bond acceptors (Lipinski definition) is 1. The van der Waals surface area contributed by atoms with E-state index in [1.807, 2.05) is 4.90 Å². The molecule has 1 aliphatic heterocycles. The molecular formula is C13H15BrClNO. The number of carbonyl (C=O) groups excluding carboxylic acids is 1. The molecule has 1 aromatic carbocycles. The molecule has 0 unspecified atom stereocenters. The molecule has 0 bridgehead atoms. The molecule has 0 N–H and O–H groups in total. The van der Waals surface area contributed by atoms with Crippen molar-refractivity contribution in [2.75, 3.05) is 13.1 Å². The number of rotatable bonds is 1. The van der Waals surface area contributed by atoms with Crippen molar-refractivity contribution in [2.24, 2.45) is 5.92 Å². The van der Waals surface area contributed by atoms with Crippen LogP contribution in [0.25, 0.3) is 0 Å². The zero-order chi connectivity index (χ0) is 12.4. The van der Waals surface area contributed by atoms with Crippen LogP contribution in [0.4, 0.5) is 0 Å². The van der Waals surface area contributed by atoms with Crippen molar-refractivity contribution < 1.29 is 4.79 Å². The average Bonchev–Trinajstić information content (AvgIpc) is 2.29. The maximum absolute atomic E-state index is 12.3. The zero-order valence-electron chi connectivity index (χ0n) is 9.75. The molecule has 2 rings (SSSR count). The lowest BCUT2D eigenvalue weighted by Crippen LogP contribution is -2.38. The quantitative estimate of drug-likeness (QED) is 0.767. The highest BCUT2D eigenvalue weighted by Gasteiger charge is 2.22. The summed E-state index contributed by atoms with van der Waals surface area (Å²) in [5.41, 5.74) is 0.698. The molecule has 1 amide bonds. The van der Waals surface area contributed by atoms with E-state index in [0.717, 1.165) is 36.3 Å². The van der Waals surface area contributed by atoms with Gasteiger partial charge in [0, 0.05) is 22.6 Å². The molecule has 0 spiro atoms. The molecule has 17 heavy (non-hydrogen) atoms. The van der Waals surface area contributed by atoms with Crippen LogP contribution in [0, 0.1) is 5.92 Å². The number of carbonyl (C=O) groups is 1. The molecular weight excluding hydrogens is 302 g/mol. The fourth-order valence-corrected chi connectivity index (χ4v) is 2.90. The Morgan fingerprint density at radius 1 is 1.41 bits per heavy atom. The summed E-state index contributed by atoms with van der Waals surface area (Å²) in [6, 6.07) is 5.31. The molecule has 1 heterocycles. The fourth-order valence-electron chi connectivity index (χ4n) is 2.04. The van der Waals surface area contributed by atoms with E-state index in [9.17, 15) is 4.79 Å². The average molecular weight is 317 g/mol. The van der Waals surface area contributed by atoms with E-state index in [1.54, 1.807) is 18.2 Å². The number of piperidine rings is 1. The standard InChI is InChI=1S/C13H15BrClNO/c1-9-4-6-16(7-5-9)13(17)11-3-2-10(15)8-12(11)14/h2-3,8-9H,4-7H2,1H3. The van der Waals surface area contributed by atoms with Gasteiger partial charge >= 0.3 is 0 Å². The van der Waals surface area contributed by atoms with Gasteiger partial charge in [-0.05, 0) is 52.9 Å². The number of amides is 1. The summed E-state index contributed by atoms with van der Waals surface area (Å²) in [5.74, 6) is 0.827. The van der Waals surface area contributed by atoms with Crippen molar-refractivity contribution in [1.29, 1.82) is 0 Å². The molecule has 0 atom stereocenters. The first-order chi connectivity index (χ1) is 8.08. The largest absolute Gasteiger partial charge is 0.339 e. The van der Waals surface area contributed by atoms with Gasteiger partial charge in [-0.2, -0.15) is 0 Å². The molecule has 0 radical (unpaired) electrons. The predicted octanol–water partition coefficient (Wildman–Crippen LogP) is 3.97. The van der Waals surface area contributed by atoms with Gasteiger partial charge in [0.25, 0.3) is 5.91 Å². The predicted molar refractivity (Wildman–Crippen MR) is 73.5 cm³/mol.